The summed E-state index contributed by atoms with van der Waals surface area (Å²) < 4.78 is 37.7. The number of para-hydroxylation sites is 1. The molecule has 92 valence electrons. The lowest BCUT2D eigenvalue weighted by molar-refractivity contribution is -0.136. The molecule has 0 aliphatic carbocycles. The monoisotopic (exact) mass is 244 g/mol. The molecule has 17 heavy (non-hydrogen) atoms. The van der Waals surface area contributed by atoms with Crippen LogP contribution in [-0.4, -0.2) is 12.6 Å². The summed E-state index contributed by atoms with van der Waals surface area (Å²) in [5, 5.41) is 4.46. The van der Waals surface area contributed by atoms with Crippen LogP contribution in [0, 0.1) is 0 Å². The average Bonchev–Trinajstić information content (AvgIpc) is 2.25. The molecule has 1 aromatic rings. The van der Waals surface area contributed by atoms with Crippen LogP contribution in [0.1, 0.15) is 5.56 Å². The number of urea groups is 1. The van der Waals surface area contributed by atoms with Gasteiger partial charge in [0.25, 0.3) is 0 Å². The summed E-state index contributed by atoms with van der Waals surface area (Å²) in [6.07, 6.45) is -3.07. The van der Waals surface area contributed by atoms with Gasteiger partial charge >= 0.3 is 12.2 Å². The number of hydrogen-bond acceptors (Lipinski definition) is 1. The summed E-state index contributed by atoms with van der Waals surface area (Å²) in [6, 6.07) is 4.06. The predicted octanol–water partition coefficient (Wildman–Crippen LogP) is 3.01. The Morgan fingerprint density at radius 1 is 1.35 bits per heavy atom. The van der Waals surface area contributed by atoms with Gasteiger partial charge in [0.2, 0.25) is 0 Å². The van der Waals surface area contributed by atoms with Gasteiger partial charge in [0, 0.05) is 6.54 Å². The Balaban J connectivity index is 2.84. The van der Waals surface area contributed by atoms with Crippen LogP contribution in [0.15, 0.2) is 36.9 Å². The van der Waals surface area contributed by atoms with Crippen LogP contribution in [0.5, 0.6) is 0 Å². The van der Waals surface area contributed by atoms with Gasteiger partial charge in [-0.15, -0.1) is 6.58 Å². The fourth-order valence-corrected chi connectivity index (χ4v) is 1.17. The summed E-state index contributed by atoms with van der Waals surface area (Å²) in [5.74, 6) is 0. The molecular weight excluding hydrogens is 233 g/mol. The Kier molecular flexibility index (Phi) is 4.14. The van der Waals surface area contributed by atoms with Gasteiger partial charge in [0.05, 0.1) is 11.3 Å². The maximum atomic E-state index is 12.6. The zero-order chi connectivity index (χ0) is 12.9. The number of benzene rings is 1. The number of carbonyl (C=O) groups excluding carboxylic acids is 1. The molecule has 0 saturated heterocycles. The molecule has 0 bridgehead atoms. The van der Waals surface area contributed by atoms with E-state index in [0.717, 1.165) is 6.07 Å². The maximum absolute atomic E-state index is 12.6. The minimum absolute atomic E-state index is 0.181. The van der Waals surface area contributed by atoms with Crippen LogP contribution in [0.3, 0.4) is 0 Å². The summed E-state index contributed by atoms with van der Waals surface area (Å²) in [5.41, 5.74) is -1.16. The van der Waals surface area contributed by atoms with E-state index in [1.165, 1.54) is 24.3 Å². The number of hydrogen-bond donors (Lipinski definition) is 2. The quantitative estimate of drug-likeness (QED) is 0.788. The zero-order valence-corrected chi connectivity index (χ0v) is 8.84. The molecule has 0 aromatic heterocycles. The topological polar surface area (TPSA) is 41.1 Å². The largest absolute Gasteiger partial charge is 0.418 e. The average molecular weight is 244 g/mol. The molecule has 1 aromatic carbocycles. The third kappa shape index (κ3) is 3.82. The van der Waals surface area contributed by atoms with Crippen LogP contribution in [-0.2, 0) is 6.18 Å². The van der Waals surface area contributed by atoms with Crippen LogP contribution in [0.4, 0.5) is 23.7 Å². The molecule has 0 aliphatic rings. The van der Waals surface area contributed by atoms with Crippen molar-refractivity contribution < 1.29 is 18.0 Å². The number of carbonyl (C=O) groups is 1. The number of nitrogens with one attached hydrogen (secondary N) is 2. The predicted molar refractivity (Wildman–Crippen MR) is 58.7 cm³/mol. The molecule has 0 saturated carbocycles. The van der Waals surface area contributed by atoms with Gasteiger partial charge < -0.3 is 10.6 Å². The molecule has 1 rings (SSSR count). The molecule has 0 aliphatic heterocycles. The van der Waals surface area contributed by atoms with E-state index in [4.69, 9.17) is 0 Å². The Bertz CT molecular complexity index is 415. The standard InChI is InChI=1S/C11H11F3N2O/c1-2-7-15-10(17)16-9-6-4-3-5-8(9)11(12,13)14/h2-6H,1,7H2,(H2,15,16,17). The van der Waals surface area contributed by atoms with E-state index in [-0.39, 0.29) is 12.2 Å². The molecule has 0 spiro atoms. The van der Waals surface area contributed by atoms with Crippen LogP contribution in [0.25, 0.3) is 0 Å². The molecular formula is C11H11F3N2O. The maximum Gasteiger partial charge on any atom is 0.418 e. The van der Waals surface area contributed by atoms with E-state index in [9.17, 15) is 18.0 Å². The molecule has 0 fully saturated rings. The summed E-state index contributed by atoms with van der Waals surface area (Å²) in [7, 11) is 0. The van der Waals surface area contributed by atoms with E-state index in [1.807, 2.05) is 0 Å². The third-order valence-electron chi connectivity index (χ3n) is 1.89. The number of halogens is 3. The van der Waals surface area contributed by atoms with Crippen molar-refractivity contribution in [3.05, 3.63) is 42.5 Å². The summed E-state index contributed by atoms with van der Waals surface area (Å²) >= 11 is 0. The molecule has 2 amide bonds. The Morgan fingerprint density at radius 2 is 2.00 bits per heavy atom. The van der Waals surface area contributed by atoms with Crippen molar-refractivity contribution in [2.75, 3.05) is 11.9 Å². The SMILES string of the molecule is C=CCNC(=O)Nc1ccccc1C(F)(F)F. The first-order chi connectivity index (χ1) is 7.95. The lowest BCUT2D eigenvalue weighted by Gasteiger charge is -2.13. The second-order valence-electron chi connectivity index (χ2n) is 3.17. The second-order valence-corrected chi connectivity index (χ2v) is 3.17. The third-order valence-corrected chi connectivity index (χ3v) is 1.89. The van der Waals surface area contributed by atoms with Crippen LogP contribution >= 0.6 is 0 Å². The number of alkyl halides is 3. The summed E-state index contributed by atoms with van der Waals surface area (Å²) in [4.78, 5) is 11.2. The lowest BCUT2D eigenvalue weighted by Crippen LogP contribution is -2.29. The zero-order valence-electron chi connectivity index (χ0n) is 8.84. The van der Waals surface area contributed by atoms with E-state index < -0.39 is 17.8 Å². The first-order valence-electron chi connectivity index (χ1n) is 4.77. The molecule has 0 heterocycles. The van der Waals surface area contributed by atoms with Gasteiger partial charge in [0.15, 0.2) is 0 Å². The highest BCUT2D eigenvalue weighted by Gasteiger charge is 2.33. The van der Waals surface area contributed by atoms with Gasteiger partial charge in [-0.25, -0.2) is 4.79 Å². The Morgan fingerprint density at radius 3 is 2.59 bits per heavy atom. The number of amides is 2. The molecule has 0 radical (unpaired) electrons. The number of anilines is 1. The second kappa shape index (κ2) is 5.38. The van der Waals surface area contributed by atoms with E-state index in [1.54, 1.807) is 0 Å². The van der Waals surface area contributed by atoms with Crippen molar-refractivity contribution in [3.8, 4) is 0 Å². The fourth-order valence-electron chi connectivity index (χ4n) is 1.17. The highest BCUT2D eigenvalue weighted by Crippen LogP contribution is 2.34. The lowest BCUT2D eigenvalue weighted by atomic mass is 10.1. The van der Waals surface area contributed by atoms with Crippen molar-refractivity contribution in [1.29, 1.82) is 0 Å². The fraction of sp³-hybridized carbons (Fsp3) is 0.182. The van der Waals surface area contributed by atoms with E-state index in [0.29, 0.717) is 0 Å². The molecule has 2 N–H and O–H groups in total. The molecule has 0 atom stereocenters. The van der Waals surface area contributed by atoms with Crippen molar-refractivity contribution in [2.24, 2.45) is 0 Å². The van der Waals surface area contributed by atoms with Gasteiger partial charge in [-0.1, -0.05) is 18.2 Å². The van der Waals surface area contributed by atoms with Crippen molar-refractivity contribution >= 4 is 11.7 Å². The van der Waals surface area contributed by atoms with Crippen molar-refractivity contribution in [2.45, 2.75) is 6.18 Å². The first kappa shape index (κ1) is 13.1. The first-order valence-corrected chi connectivity index (χ1v) is 4.77. The van der Waals surface area contributed by atoms with Crippen LogP contribution < -0.4 is 10.6 Å². The molecule has 0 unspecified atom stereocenters. The normalized spacial score (nSPS) is 10.8. The van der Waals surface area contributed by atoms with Gasteiger partial charge in [0.1, 0.15) is 0 Å². The highest BCUT2D eigenvalue weighted by molar-refractivity contribution is 5.90. The highest BCUT2D eigenvalue weighted by atomic mass is 19.4. The summed E-state index contributed by atoms with van der Waals surface area (Å²) in [6.45, 7) is 3.55. The Hall–Kier alpha value is -1.98. The molecule has 3 nitrogen and oxygen atoms in total. The smallest absolute Gasteiger partial charge is 0.334 e. The van der Waals surface area contributed by atoms with Gasteiger partial charge in [-0.3, -0.25) is 0 Å². The Labute approximate surface area is 96.3 Å². The van der Waals surface area contributed by atoms with Crippen molar-refractivity contribution in [3.63, 3.8) is 0 Å². The minimum atomic E-state index is -4.50. The van der Waals surface area contributed by atoms with Crippen LogP contribution in [0.2, 0.25) is 0 Å². The van der Waals surface area contributed by atoms with Gasteiger partial charge in [-0.05, 0) is 12.1 Å². The van der Waals surface area contributed by atoms with Gasteiger partial charge in [-0.2, -0.15) is 13.2 Å². The molecule has 6 heteroatoms. The number of rotatable bonds is 3. The van der Waals surface area contributed by atoms with Crippen molar-refractivity contribution in [1.82, 2.24) is 5.32 Å². The van der Waals surface area contributed by atoms with E-state index in [2.05, 4.69) is 17.2 Å². The minimum Gasteiger partial charge on any atom is -0.334 e. The van der Waals surface area contributed by atoms with E-state index >= 15 is 0 Å².